The van der Waals surface area contributed by atoms with Crippen LogP contribution in [0, 0.1) is 0 Å². The van der Waals surface area contributed by atoms with Crippen LogP contribution >= 0.6 is 0 Å². The number of ether oxygens (including phenoxy) is 1. The van der Waals surface area contributed by atoms with Crippen LogP contribution in [0.4, 0.5) is 0 Å². The number of nitrogens with zero attached hydrogens (tertiary/aromatic N) is 4. The van der Waals surface area contributed by atoms with Crippen molar-refractivity contribution in [1.82, 2.24) is 35.6 Å². The van der Waals surface area contributed by atoms with E-state index in [0.717, 1.165) is 5.56 Å². The smallest absolute Gasteiger partial charge is 0.333 e. The first-order valence-electron chi connectivity index (χ1n) is 20.0. The Morgan fingerprint density at radius 2 is 1.53 bits per heavy atom. The van der Waals surface area contributed by atoms with Crippen LogP contribution in [0.25, 0.3) is 0 Å². The van der Waals surface area contributed by atoms with Crippen LogP contribution in [0.1, 0.15) is 73.6 Å². The number of piperidine rings is 1. The average molecular weight is 824 g/mol. The lowest BCUT2D eigenvalue weighted by atomic mass is 9.95. The summed E-state index contributed by atoms with van der Waals surface area (Å²) in [4.78, 5) is 121. The Balaban J connectivity index is 1.43. The lowest BCUT2D eigenvalue weighted by molar-refractivity contribution is -0.156. The third kappa shape index (κ3) is 9.45. The van der Waals surface area contributed by atoms with Crippen LogP contribution in [-0.4, -0.2) is 128 Å². The molecule has 4 heterocycles. The number of carbonyl (C=O) groups excluding carboxylic acids is 8. The Bertz CT molecular complexity index is 2120. The summed E-state index contributed by atoms with van der Waals surface area (Å²) < 4.78 is 5.83. The van der Waals surface area contributed by atoms with Crippen molar-refractivity contribution in [1.29, 1.82) is 0 Å². The van der Waals surface area contributed by atoms with Gasteiger partial charge >= 0.3 is 5.97 Å². The Labute approximate surface area is 346 Å². The molecule has 0 aliphatic carbocycles. The zero-order valence-electron chi connectivity index (χ0n) is 33.6. The van der Waals surface area contributed by atoms with E-state index >= 15 is 0 Å². The zero-order chi connectivity index (χ0) is 43.1. The summed E-state index contributed by atoms with van der Waals surface area (Å²) in [5.74, 6) is -6.30. The summed E-state index contributed by atoms with van der Waals surface area (Å²) >= 11 is 0. The number of hydrogen-bond acceptors (Lipinski definition) is 11. The number of aromatic hydroxyl groups is 1. The molecule has 60 heavy (non-hydrogen) atoms. The largest absolute Gasteiger partial charge is 0.505 e. The SMILES string of the molecule is CC[C@@H]1NC(=O)[C@@H](NC(=O)c2ncccc2O)[C@H](C)OC(=O)[C@H](c2ccccc2)NC(=O)[C@@H]2CC(=O)CCN2C(=O)[C@H](Cc2ccccc2)N(C)C(=O)[C@@H]2CCCN2C1=O. The molecule has 0 bridgehead atoms. The maximum Gasteiger partial charge on any atom is 0.333 e. The van der Waals surface area contributed by atoms with Crippen molar-refractivity contribution in [3.8, 4) is 5.75 Å². The van der Waals surface area contributed by atoms with Gasteiger partial charge in [0.15, 0.2) is 11.7 Å². The molecule has 6 amide bonds. The fourth-order valence-electron chi connectivity index (χ4n) is 7.88. The molecule has 3 fully saturated rings. The Kier molecular flexibility index (Phi) is 13.6. The molecule has 4 N–H and O–H groups in total. The lowest BCUT2D eigenvalue weighted by Gasteiger charge is -2.40. The molecule has 17 nitrogen and oxygen atoms in total. The normalized spacial score (nSPS) is 26.1. The molecule has 3 aliphatic rings. The van der Waals surface area contributed by atoms with Crippen molar-refractivity contribution >= 4 is 47.2 Å². The van der Waals surface area contributed by atoms with Gasteiger partial charge in [-0.3, -0.25) is 33.6 Å². The van der Waals surface area contributed by atoms with Crippen LogP contribution < -0.4 is 16.0 Å². The summed E-state index contributed by atoms with van der Waals surface area (Å²) in [6, 6.07) is 11.7. The molecule has 0 radical (unpaired) electrons. The summed E-state index contributed by atoms with van der Waals surface area (Å²) in [7, 11) is 1.47. The van der Waals surface area contributed by atoms with Crippen LogP contribution in [0.15, 0.2) is 79.0 Å². The molecule has 0 unspecified atom stereocenters. The van der Waals surface area contributed by atoms with Crippen molar-refractivity contribution in [3.63, 3.8) is 0 Å². The third-order valence-corrected chi connectivity index (χ3v) is 11.2. The first kappa shape index (κ1) is 42.9. The lowest BCUT2D eigenvalue weighted by Crippen LogP contribution is -2.61. The van der Waals surface area contributed by atoms with Gasteiger partial charge in [0.1, 0.15) is 47.8 Å². The number of rotatable bonds is 6. The van der Waals surface area contributed by atoms with E-state index in [1.165, 1.54) is 47.0 Å². The van der Waals surface area contributed by atoms with Crippen LogP contribution in [-0.2, 0) is 44.7 Å². The maximum atomic E-state index is 14.8. The van der Waals surface area contributed by atoms with Gasteiger partial charge in [-0.2, -0.15) is 0 Å². The van der Waals surface area contributed by atoms with Crippen molar-refractivity contribution in [2.75, 3.05) is 20.1 Å². The van der Waals surface area contributed by atoms with E-state index in [1.807, 2.05) is 6.07 Å². The number of likely N-dealkylation sites (N-methyl/N-ethyl adjacent to an activating group) is 1. The summed E-state index contributed by atoms with van der Waals surface area (Å²) in [5, 5.41) is 18.2. The van der Waals surface area contributed by atoms with Gasteiger partial charge in [0.05, 0.1) is 0 Å². The number of Topliss-reactive ketones (excluding diaryl/α,β-unsaturated/α-hetero) is 1. The summed E-state index contributed by atoms with van der Waals surface area (Å²) in [6.07, 6.45) is 0.235. The molecule has 17 heteroatoms. The van der Waals surface area contributed by atoms with E-state index in [9.17, 15) is 43.5 Å². The molecule has 3 aromatic rings. The predicted molar refractivity (Wildman–Crippen MR) is 213 cm³/mol. The maximum absolute atomic E-state index is 14.8. The van der Waals surface area contributed by atoms with Gasteiger partial charge < -0.3 is 40.5 Å². The standard InChI is InChI=1S/C43H49N7O10/c1-4-29-40(56)49-21-12-17-30(49)41(57)48(3)32(23-26-13-7-5-8-14-26)42(58)50-22-19-28(51)24-31(50)37(53)47-35(27-15-9-6-10-16-27)43(59)60-25(2)34(38(54)45-29)46-39(55)36-33(52)18-11-20-44-36/h5-11,13-16,18,20,25,29-32,34-35,52H,4,12,17,19,21-24H2,1-3H3,(H,45,54)(H,46,55)(H,47,53)/t25-,29-,30-,31-,32-,34-,35-/m0/s1. The number of amides is 6. The van der Waals surface area contributed by atoms with E-state index in [-0.39, 0.29) is 56.5 Å². The van der Waals surface area contributed by atoms with Crippen molar-refractivity contribution < 1.29 is 48.2 Å². The van der Waals surface area contributed by atoms with Gasteiger partial charge in [-0.25, -0.2) is 9.78 Å². The molecule has 3 aliphatic heterocycles. The Hall–Kier alpha value is -6.65. The first-order chi connectivity index (χ1) is 28.8. The van der Waals surface area contributed by atoms with E-state index in [4.69, 9.17) is 4.74 Å². The highest BCUT2D eigenvalue weighted by atomic mass is 16.5. The molecule has 3 saturated heterocycles. The van der Waals surface area contributed by atoms with Crippen LogP contribution in [0.3, 0.4) is 0 Å². The first-order valence-corrected chi connectivity index (χ1v) is 20.0. The number of benzene rings is 2. The van der Waals surface area contributed by atoms with E-state index in [2.05, 4.69) is 20.9 Å². The molecule has 2 aromatic carbocycles. The zero-order valence-corrected chi connectivity index (χ0v) is 33.6. The van der Waals surface area contributed by atoms with E-state index in [1.54, 1.807) is 61.5 Å². The number of ketones is 1. The van der Waals surface area contributed by atoms with Gasteiger partial charge in [-0.05, 0) is 49.4 Å². The third-order valence-electron chi connectivity index (χ3n) is 11.2. The molecule has 7 atom stereocenters. The molecule has 6 rings (SSSR count). The predicted octanol–water partition coefficient (Wildman–Crippen LogP) is 1.20. The number of nitrogens with one attached hydrogen (secondary N) is 3. The van der Waals surface area contributed by atoms with Gasteiger partial charge in [-0.1, -0.05) is 67.6 Å². The summed E-state index contributed by atoms with van der Waals surface area (Å²) in [6.45, 7) is 3.03. The number of hydrogen-bond donors (Lipinski definition) is 4. The highest BCUT2D eigenvalue weighted by Gasteiger charge is 2.45. The number of fused-ring (bicyclic) bond motifs is 2. The van der Waals surface area contributed by atoms with Gasteiger partial charge in [0.25, 0.3) is 5.91 Å². The van der Waals surface area contributed by atoms with Crippen molar-refractivity contribution in [2.45, 2.75) is 94.7 Å². The minimum absolute atomic E-state index is 0.0410. The van der Waals surface area contributed by atoms with Crippen molar-refractivity contribution in [2.24, 2.45) is 0 Å². The average Bonchev–Trinajstić information content (AvgIpc) is 3.75. The fourth-order valence-corrected chi connectivity index (χ4v) is 7.88. The number of cyclic esters (lactones) is 1. The monoisotopic (exact) mass is 823 g/mol. The number of carbonyl (C=O) groups is 8. The van der Waals surface area contributed by atoms with Crippen LogP contribution in [0.2, 0.25) is 0 Å². The quantitative estimate of drug-likeness (QED) is 0.259. The molecule has 1 aromatic heterocycles. The molecular formula is C43H49N7O10. The molecular weight excluding hydrogens is 775 g/mol. The van der Waals surface area contributed by atoms with Gasteiger partial charge in [-0.15, -0.1) is 0 Å². The topological polar surface area (TPSA) is 225 Å². The van der Waals surface area contributed by atoms with Gasteiger partial charge in [0, 0.05) is 45.6 Å². The van der Waals surface area contributed by atoms with E-state index in [0.29, 0.717) is 6.42 Å². The molecule has 0 spiro atoms. The second kappa shape index (κ2) is 18.9. The number of pyridine rings is 1. The molecule has 316 valence electrons. The van der Waals surface area contributed by atoms with Gasteiger partial charge in [0.2, 0.25) is 29.5 Å². The van der Waals surface area contributed by atoms with Crippen LogP contribution in [0.5, 0.6) is 5.75 Å². The highest BCUT2D eigenvalue weighted by Crippen LogP contribution is 2.26. The minimum Gasteiger partial charge on any atom is -0.505 e. The highest BCUT2D eigenvalue weighted by molar-refractivity contribution is 6.01. The Morgan fingerprint density at radius 3 is 2.22 bits per heavy atom. The second-order valence-corrected chi connectivity index (χ2v) is 15.2. The van der Waals surface area contributed by atoms with E-state index < -0.39 is 95.2 Å². The number of esters is 1. The second-order valence-electron chi connectivity index (χ2n) is 15.2. The summed E-state index contributed by atoms with van der Waals surface area (Å²) in [5.41, 5.74) is 0.560. The number of aromatic nitrogens is 1. The minimum atomic E-state index is -1.68. The molecule has 0 saturated carbocycles. The fraction of sp³-hybridized carbons (Fsp3) is 0.419. The Morgan fingerprint density at radius 1 is 0.850 bits per heavy atom. The van der Waals surface area contributed by atoms with Crippen molar-refractivity contribution in [3.05, 3.63) is 95.8 Å².